The number of benzene rings is 2. The minimum Gasteiger partial charge on any atom is -0.484 e. The van der Waals surface area contributed by atoms with Crippen LogP contribution in [0.25, 0.3) is 0 Å². The molecule has 25 heavy (non-hydrogen) atoms. The average Bonchev–Trinajstić information content (AvgIpc) is 2.59. The molecular weight excluding hydrogens is 340 g/mol. The van der Waals surface area contributed by atoms with Crippen molar-refractivity contribution in [1.82, 2.24) is 10.6 Å². The number of ether oxygens (including phenoxy) is 1. The normalized spacial score (nSPS) is 10.2. The van der Waals surface area contributed by atoms with Gasteiger partial charge in [-0.1, -0.05) is 41.4 Å². The zero-order valence-electron chi connectivity index (χ0n) is 14.0. The molecule has 2 rings (SSSR count). The Morgan fingerprint density at radius 2 is 1.80 bits per heavy atom. The van der Waals surface area contributed by atoms with Crippen LogP contribution < -0.4 is 15.4 Å². The molecule has 0 aliphatic carbocycles. The fourth-order valence-electron chi connectivity index (χ4n) is 2.11. The van der Waals surface area contributed by atoms with Gasteiger partial charge in [0, 0.05) is 11.6 Å². The van der Waals surface area contributed by atoms with Gasteiger partial charge in [0.25, 0.3) is 5.91 Å². The molecule has 0 aromatic heterocycles. The Kier molecular flexibility index (Phi) is 7.29. The maximum Gasteiger partial charge on any atom is 0.258 e. The van der Waals surface area contributed by atoms with Gasteiger partial charge in [0.15, 0.2) is 6.61 Å². The van der Waals surface area contributed by atoms with Gasteiger partial charge in [-0.25, -0.2) is 0 Å². The minimum atomic E-state index is -0.342. The molecule has 0 heterocycles. The first kappa shape index (κ1) is 18.8. The average molecular weight is 361 g/mol. The number of carbonyl (C=O) groups is 2. The molecular formula is C19H21ClN2O3. The number of halogens is 1. The van der Waals surface area contributed by atoms with Gasteiger partial charge in [0.2, 0.25) is 5.91 Å². The Hall–Kier alpha value is -2.53. The molecule has 0 aliphatic rings. The number of hydrogen-bond donors (Lipinski definition) is 2. The summed E-state index contributed by atoms with van der Waals surface area (Å²) in [5.74, 6) is 0.0306. The summed E-state index contributed by atoms with van der Waals surface area (Å²) >= 11 is 5.91. The van der Waals surface area contributed by atoms with Gasteiger partial charge >= 0.3 is 0 Å². The standard InChI is InChI=1S/C19H21ClN2O3/c1-14-5-7-17(8-6-14)25-13-19(24)22-12-18(23)21-10-9-15-3-2-4-16(20)11-15/h2-8,11H,9-10,12-13H2,1H3,(H,21,23)(H,22,24). The topological polar surface area (TPSA) is 67.4 Å². The van der Waals surface area contributed by atoms with E-state index in [9.17, 15) is 9.59 Å². The maximum absolute atomic E-state index is 11.7. The van der Waals surface area contributed by atoms with E-state index in [2.05, 4.69) is 10.6 Å². The molecule has 0 fully saturated rings. The Labute approximate surface area is 152 Å². The van der Waals surface area contributed by atoms with Crippen LogP contribution in [0.1, 0.15) is 11.1 Å². The molecule has 0 radical (unpaired) electrons. The number of nitrogens with one attached hydrogen (secondary N) is 2. The van der Waals surface area contributed by atoms with Crippen LogP contribution in [0.15, 0.2) is 48.5 Å². The van der Waals surface area contributed by atoms with E-state index in [1.54, 1.807) is 18.2 Å². The third-order valence-electron chi connectivity index (χ3n) is 3.46. The number of carbonyl (C=O) groups excluding carboxylic acids is 2. The van der Waals surface area contributed by atoms with Gasteiger partial charge in [0.1, 0.15) is 5.75 Å². The van der Waals surface area contributed by atoms with Gasteiger partial charge in [-0.2, -0.15) is 0 Å². The highest BCUT2D eigenvalue weighted by molar-refractivity contribution is 6.30. The van der Waals surface area contributed by atoms with E-state index >= 15 is 0 Å². The largest absolute Gasteiger partial charge is 0.484 e. The predicted molar refractivity (Wildman–Crippen MR) is 97.8 cm³/mol. The summed E-state index contributed by atoms with van der Waals surface area (Å²) in [6, 6.07) is 14.9. The molecule has 0 atom stereocenters. The van der Waals surface area contributed by atoms with E-state index in [0.717, 1.165) is 11.1 Å². The van der Waals surface area contributed by atoms with Crippen LogP contribution in [0.2, 0.25) is 5.02 Å². The summed E-state index contributed by atoms with van der Waals surface area (Å²) in [6.45, 7) is 2.25. The predicted octanol–water partition coefficient (Wildman–Crippen LogP) is 2.50. The molecule has 0 bridgehead atoms. The maximum atomic E-state index is 11.7. The molecule has 0 saturated carbocycles. The first-order valence-electron chi connectivity index (χ1n) is 8.00. The van der Waals surface area contributed by atoms with Gasteiger partial charge in [-0.3, -0.25) is 9.59 Å². The second-order valence-corrected chi connectivity index (χ2v) is 6.04. The second kappa shape index (κ2) is 9.69. The lowest BCUT2D eigenvalue weighted by Crippen LogP contribution is -2.39. The highest BCUT2D eigenvalue weighted by Gasteiger charge is 2.06. The van der Waals surface area contributed by atoms with Gasteiger partial charge < -0.3 is 15.4 Å². The van der Waals surface area contributed by atoms with Crippen molar-refractivity contribution in [2.24, 2.45) is 0 Å². The minimum absolute atomic E-state index is 0.0777. The number of rotatable bonds is 8. The van der Waals surface area contributed by atoms with E-state index in [-0.39, 0.29) is 25.0 Å². The molecule has 0 spiro atoms. The first-order valence-corrected chi connectivity index (χ1v) is 8.38. The van der Waals surface area contributed by atoms with Gasteiger partial charge in [-0.05, 0) is 43.2 Å². The van der Waals surface area contributed by atoms with Crippen LogP contribution >= 0.6 is 11.6 Å². The summed E-state index contributed by atoms with van der Waals surface area (Å²) in [5.41, 5.74) is 2.16. The Morgan fingerprint density at radius 1 is 1.04 bits per heavy atom. The van der Waals surface area contributed by atoms with Crippen molar-refractivity contribution in [2.75, 3.05) is 19.7 Å². The Bertz CT molecular complexity index is 717. The summed E-state index contributed by atoms with van der Waals surface area (Å²) in [7, 11) is 0. The molecule has 0 aliphatic heterocycles. The van der Waals surface area contributed by atoms with Crippen molar-refractivity contribution in [3.05, 3.63) is 64.7 Å². The summed E-state index contributed by atoms with van der Waals surface area (Å²) in [5, 5.41) is 5.94. The molecule has 0 saturated heterocycles. The second-order valence-electron chi connectivity index (χ2n) is 5.61. The zero-order valence-corrected chi connectivity index (χ0v) is 14.8. The van der Waals surface area contributed by atoms with Crippen molar-refractivity contribution in [3.63, 3.8) is 0 Å². The van der Waals surface area contributed by atoms with E-state index in [1.807, 2.05) is 37.3 Å². The van der Waals surface area contributed by atoms with Crippen molar-refractivity contribution in [2.45, 2.75) is 13.3 Å². The fraction of sp³-hybridized carbons (Fsp3) is 0.263. The fourth-order valence-corrected chi connectivity index (χ4v) is 2.33. The number of aryl methyl sites for hydroxylation is 1. The lowest BCUT2D eigenvalue weighted by molar-refractivity contribution is -0.127. The third-order valence-corrected chi connectivity index (χ3v) is 3.70. The molecule has 5 nitrogen and oxygen atoms in total. The summed E-state index contributed by atoms with van der Waals surface area (Å²) < 4.78 is 5.35. The summed E-state index contributed by atoms with van der Waals surface area (Å²) in [4.78, 5) is 23.4. The molecule has 6 heteroatoms. The van der Waals surface area contributed by atoms with Crippen LogP contribution in [0, 0.1) is 6.92 Å². The van der Waals surface area contributed by atoms with E-state index in [4.69, 9.17) is 16.3 Å². The van der Waals surface area contributed by atoms with Gasteiger partial charge in [0.05, 0.1) is 6.54 Å². The molecule has 0 unspecified atom stereocenters. The molecule has 2 aromatic rings. The van der Waals surface area contributed by atoms with E-state index < -0.39 is 0 Å². The Morgan fingerprint density at radius 3 is 2.52 bits per heavy atom. The Balaban J connectivity index is 1.60. The van der Waals surface area contributed by atoms with Crippen molar-refractivity contribution in [1.29, 1.82) is 0 Å². The van der Waals surface area contributed by atoms with Crippen molar-refractivity contribution >= 4 is 23.4 Å². The highest BCUT2D eigenvalue weighted by atomic mass is 35.5. The van der Waals surface area contributed by atoms with E-state index in [1.165, 1.54) is 0 Å². The third kappa shape index (κ3) is 7.27. The van der Waals surface area contributed by atoms with Crippen LogP contribution in [-0.4, -0.2) is 31.5 Å². The lowest BCUT2D eigenvalue weighted by Gasteiger charge is -2.08. The quantitative estimate of drug-likeness (QED) is 0.760. The molecule has 2 amide bonds. The van der Waals surface area contributed by atoms with Crippen LogP contribution in [0.4, 0.5) is 0 Å². The molecule has 2 aromatic carbocycles. The zero-order chi connectivity index (χ0) is 18.1. The van der Waals surface area contributed by atoms with Crippen LogP contribution in [0.3, 0.4) is 0 Å². The van der Waals surface area contributed by atoms with Crippen molar-refractivity contribution < 1.29 is 14.3 Å². The van der Waals surface area contributed by atoms with E-state index in [0.29, 0.717) is 23.7 Å². The molecule has 132 valence electrons. The SMILES string of the molecule is Cc1ccc(OCC(=O)NCC(=O)NCCc2cccc(Cl)c2)cc1. The van der Waals surface area contributed by atoms with Crippen LogP contribution in [-0.2, 0) is 16.0 Å². The van der Waals surface area contributed by atoms with Crippen LogP contribution in [0.5, 0.6) is 5.75 Å². The first-order chi connectivity index (χ1) is 12.0. The lowest BCUT2D eigenvalue weighted by atomic mass is 10.1. The number of amides is 2. The smallest absolute Gasteiger partial charge is 0.258 e. The number of hydrogen-bond acceptors (Lipinski definition) is 3. The molecule has 2 N–H and O–H groups in total. The monoisotopic (exact) mass is 360 g/mol. The van der Waals surface area contributed by atoms with Crippen molar-refractivity contribution in [3.8, 4) is 5.75 Å². The summed E-state index contributed by atoms with van der Waals surface area (Å²) in [6.07, 6.45) is 0.677. The highest BCUT2D eigenvalue weighted by Crippen LogP contribution is 2.11. The van der Waals surface area contributed by atoms with Gasteiger partial charge in [-0.15, -0.1) is 0 Å².